The molecule has 2 atom stereocenters. The highest BCUT2D eigenvalue weighted by Crippen LogP contribution is 2.33. The fourth-order valence-electron chi connectivity index (χ4n) is 2.92. The predicted molar refractivity (Wildman–Crippen MR) is 89.3 cm³/mol. The van der Waals surface area contributed by atoms with Crippen LogP contribution in [0.1, 0.15) is 25.3 Å². The number of fused-ring (bicyclic) bond motifs is 1. The average Bonchev–Trinajstić information content (AvgIpc) is 2.53. The molecular weight excluding hydrogens is 329 g/mol. The highest BCUT2D eigenvalue weighted by Gasteiger charge is 2.24. The SMILES string of the molecule is CC(N)C[C@H]1CCc2ccc(S(=O)(=O)c3cccc(F)c3)cc2O1. The van der Waals surface area contributed by atoms with Crippen LogP contribution in [-0.2, 0) is 16.3 Å². The predicted octanol–water partition coefficient (Wildman–Crippen LogP) is 3.09. The van der Waals surface area contributed by atoms with Gasteiger partial charge in [-0.05, 0) is 62.1 Å². The van der Waals surface area contributed by atoms with E-state index in [0.29, 0.717) is 5.75 Å². The summed E-state index contributed by atoms with van der Waals surface area (Å²) in [4.78, 5) is 0.0405. The third-order valence-corrected chi connectivity index (χ3v) is 5.87. The Morgan fingerprint density at radius 2 is 2.00 bits per heavy atom. The van der Waals surface area contributed by atoms with Crippen LogP contribution in [0.15, 0.2) is 52.3 Å². The Kier molecular flexibility index (Phi) is 4.60. The second-order valence-electron chi connectivity index (χ2n) is 6.22. The van der Waals surface area contributed by atoms with Gasteiger partial charge < -0.3 is 10.5 Å². The summed E-state index contributed by atoms with van der Waals surface area (Å²) in [6, 6.07) is 9.88. The Labute approximate surface area is 141 Å². The largest absolute Gasteiger partial charge is 0.490 e. The Morgan fingerprint density at radius 1 is 1.25 bits per heavy atom. The summed E-state index contributed by atoms with van der Waals surface area (Å²) in [7, 11) is -3.78. The highest BCUT2D eigenvalue weighted by molar-refractivity contribution is 7.91. The van der Waals surface area contributed by atoms with Crippen LogP contribution in [0.3, 0.4) is 0 Å². The maximum absolute atomic E-state index is 13.4. The van der Waals surface area contributed by atoms with Crippen molar-refractivity contribution in [3.63, 3.8) is 0 Å². The van der Waals surface area contributed by atoms with E-state index in [9.17, 15) is 12.8 Å². The number of hydrogen-bond donors (Lipinski definition) is 1. The molecule has 0 amide bonds. The molecule has 6 heteroatoms. The Morgan fingerprint density at radius 3 is 2.71 bits per heavy atom. The van der Waals surface area contributed by atoms with Gasteiger partial charge in [-0.3, -0.25) is 0 Å². The van der Waals surface area contributed by atoms with Gasteiger partial charge in [0.1, 0.15) is 17.7 Å². The maximum Gasteiger partial charge on any atom is 0.206 e. The van der Waals surface area contributed by atoms with Gasteiger partial charge in [0, 0.05) is 6.04 Å². The first kappa shape index (κ1) is 16.9. The first-order valence-corrected chi connectivity index (χ1v) is 9.40. The number of ether oxygens (including phenoxy) is 1. The molecule has 2 aromatic carbocycles. The van der Waals surface area contributed by atoms with Gasteiger partial charge in [-0.2, -0.15) is 0 Å². The molecule has 2 N–H and O–H groups in total. The lowest BCUT2D eigenvalue weighted by molar-refractivity contribution is 0.157. The normalized spacial score (nSPS) is 18.5. The number of hydrogen-bond acceptors (Lipinski definition) is 4. The van der Waals surface area contributed by atoms with Crippen molar-refractivity contribution in [2.24, 2.45) is 5.73 Å². The van der Waals surface area contributed by atoms with Crippen molar-refractivity contribution in [3.8, 4) is 5.75 Å². The Hall–Kier alpha value is -1.92. The molecule has 2 aromatic rings. The molecule has 1 unspecified atom stereocenters. The standard InChI is InChI=1S/C18H20FNO3S/c1-12(20)9-15-7-5-13-6-8-17(11-18(13)23-15)24(21,22)16-4-2-3-14(19)10-16/h2-4,6,8,10-12,15H,5,7,9,20H2,1H3/t12?,15-/m1/s1. The lowest BCUT2D eigenvalue weighted by atomic mass is 9.99. The van der Waals surface area contributed by atoms with Gasteiger partial charge in [-0.15, -0.1) is 0 Å². The zero-order chi connectivity index (χ0) is 17.3. The molecule has 0 spiro atoms. The summed E-state index contributed by atoms with van der Waals surface area (Å²) in [6.45, 7) is 1.92. The molecule has 3 rings (SSSR count). The smallest absolute Gasteiger partial charge is 0.206 e. The summed E-state index contributed by atoms with van der Waals surface area (Å²) >= 11 is 0. The van der Waals surface area contributed by atoms with E-state index in [0.717, 1.165) is 30.9 Å². The van der Waals surface area contributed by atoms with Crippen molar-refractivity contribution in [1.29, 1.82) is 0 Å². The van der Waals surface area contributed by atoms with Gasteiger partial charge in [0.2, 0.25) is 9.84 Å². The average molecular weight is 349 g/mol. The minimum absolute atomic E-state index is 0.00961. The third-order valence-electron chi connectivity index (χ3n) is 4.12. The van der Waals surface area contributed by atoms with E-state index in [4.69, 9.17) is 10.5 Å². The van der Waals surface area contributed by atoms with Crippen LogP contribution in [0, 0.1) is 5.82 Å². The van der Waals surface area contributed by atoms with Crippen LogP contribution >= 0.6 is 0 Å². The van der Waals surface area contributed by atoms with Crippen LogP contribution in [-0.4, -0.2) is 20.6 Å². The van der Waals surface area contributed by atoms with Crippen LogP contribution in [0.5, 0.6) is 5.75 Å². The van der Waals surface area contributed by atoms with Gasteiger partial charge in [0.15, 0.2) is 0 Å². The second-order valence-corrected chi connectivity index (χ2v) is 8.17. The molecule has 0 radical (unpaired) electrons. The number of halogens is 1. The van der Waals surface area contributed by atoms with Crippen molar-refractivity contribution in [1.82, 2.24) is 0 Å². The molecule has 0 fully saturated rings. The van der Waals surface area contributed by atoms with E-state index < -0.39 is 15.7 Å². The topological polar surface area (TPSA) is 69.4 Å². The first-order valence-electron chi connectivity index (χ1n) is 7.92. The molecule has 128 valence electrons. The summed E-state index contributed by atoms with van der Waals surface area (Å²) in [5.74, 6) is -0.00772. The molecule has 0 aliphatic carbocycles. The molecular formula is C18H20FNO3S. The molecule has 1 aliphatic heterocycles. The van der Waals surface area contributed by atoms with E-state index in [2.05, 4.69) is 0 Å². The van der Waals surface area contributed by atoms with Crippen molar-refractivity contribution in [2.45, 2.75) is 48.1 Å². The van der Waals surface area contributed by atoms with Gasteiger partial charge in [-0.25, -0.2) is 12.8 Å². The van der Waals surface area contributed by atoms with E-state index in [1.807, 2.05) is 6.92 Å². The molecule has 1 heterocycles. The van der Waals surface area contributed by atoms with E-state index in [-0.39, 0.29) is 21.9 Å². The summed E-state index contributed by atoms with van der Waals surface area (Å²) in [5.41, 5.74) is 6.80. The third kappa shape index (κ3) is 3.44. The van der Waals surface area contributed by atoms with Crippen molar-refractivity contribution >= 4 is 9.84 Å². The molecule has 24 heavy (non-hydrogen) atoms. The van der Waals surface area contributed by atoms with Crippen LogP contribution in [0.25, 0.3) is 0 Å². The summed E-state index contributed by atoms with van der Waals surface area (Å²) in [6.07, 6.45) is 2.40. The molecule has 0 bridgehead atoms. The molecule has 0 saturated heterocycles. The minimum Gasteiger partial charge on any atom is -0.490 e. The number of nitrogens with two attached hydrogens (primary N) is 1. The van der Waals surface area contributed by atoms with E-state index in [1.165, 1.54) is 24.3 Å². The Bertz CT molecular complexity index is 849. The number of rotatable bonds is 4. The van der Waals surface area contributed by atoms with Crippen molar-refractivity contribution in [3.05, 3.63) is 53.8 Å². The molecule has 0 aromatic heterocycles. The first-order chi connectivity index (χ1) is 11.4. The minimum atomic E-state index is -3.78. The summed E-state index contributed by atoms with van der Waals surface area (Å²) in [5, 5.41) is 0. The van der Waals surface area contributed by atoms with Gasteiger partial charge >= 0.3 is 0 Å². The summed E-state index contributed by atoms with van der Waals surface area (Å²) < 4.78 is 44.7. The molecule has 4 nitrogen and oxygen atoms in total. The van der Waals surface area contributed by atoms with Crippen molar-refractivity contribution in [2.75, 3.05) is 0 Å². The van der Waals surface area contributed by atoms with E-state index in [1.54, 1.807) is 12.1 Å². The number of sulfone groups is 1. The second kappa shape index (κ2) is 6.53. The van der Waals surface area contributed by atoms with E-state index >= 15 is 0 Å². The number of benzene rings is 2. The van der Waals surface area contributed by atoms with Crippen LogP contribution in [0.4, 0.5) is 4.39 Å². The Balaban J connectivity index is 1.94. The van der Waals surface area contributed by atoms with Crippen LogP contribution in [0.2, 0.25) is 0 Å². The monoisotopic (exact) mass is 349 g/mol. The van der Waals surface area contributed by atoms with Crippen molar-refractivity contribution < 1.29 is 17.5 Å². The van der Waals surface area contributed by atoms with Crippen LogP contribution < -0.4 is 10.5 Å². The highest BCUT2D eigenvalue weighted by atomic mass is 32.2. The lowest BCUT2D eigenvalue weighted by Crippen LogP contribution is -2.30. The fraction of sp³-hybridized carbons (Fsp3) is 0.333. The zero-order valence-corrected chi connectivity index (χ0v) is 14.2. The van der Waals surface area contributed by atoms with Gasteiger partial charge in [-0.1, -0.05) is 12.1 Å². The molecule has 0 saturated carbocycles. The maximum atomic E-state index is 13.4. The quantitative estimate of drug-likeness (QED) is 0.921. The molecule has 1 aliphatic rings. The zero-order valence-electron chi connectivity index (χ0n) is 13.4. The fourth-order valence-corrected chi connectivity index (χ4v) is 4.23. The van der Waals surface area contributed by atoms with Gasteiger partial charge in [0.25, 0.3) is 0 Å². The van der Waals surface area contributed by atoms with Gasteiger partial charge in [0.05, 0.1) is 9.79 Å². The number of aryl methyl sites for hydroxylation is 1. The lowest BCUT2D eigenvalue weighted by Gasteiger charge is -2.27.